The quantitative estimate of drug-likeness (QED) is 0.845. The first kappa shape index (κ1) is 15.5. The number of aryl methyl sites for hydroxylation is 1. The van der Waals surface area contributed by atoms with Gasteiger partial charge in [-0.05, 0) is 41.7 Å². The molecule has 120 valence electrons. The lowest BCUT2D eigenvalue weighted by Crippen LogP contribution is -2.52. The molecule has 0 aromatic carbocycles. The van der Waals surface area contributed by atoms with Crippen LogP contribution in [-0.4, -0.2) is 60.5 Å². The Balaban J connectivity index is 1.42. The maximum atomic E-state index is 12.3. The van der Waals surface area contributed by atoms with Crippen molar-refractivity contribution in [3.63, 3.8) is 0 Å². The lowest BCUT2D eigenvalue weighted by atomic mass is 10.1. The zero-order chi connectivity index (χ0) is 15.4. The predicted molar refractivity (Wildman–Crippen MR) is 84.8 cm³/mol. The van der Waals surface area contributed by atoms with E-state index in [0.29, 0.717) is 39.2 Å². The van der Waals surface area contributed by atoms with Crippen molar-refractivity contribution in [1.82, 2.24) is 9.80 Å². The van der Waals surface area contributed by atoms with E-state index in [0.717, 1.165) is 19.3 Å². The zero-order valence-corrected chi connectivity index (χ0v) is 13.5. The molecule has 3 rings (SSSR count). The monoisotopic (exact) mass is 322 g/mol. The van der Waals surface area contributed by atoms with Gasteiger partial charge in [-0.2, -0.15) is 11.3 Å². The smallest absolute Gasteiger partial charge is 0.251 e. The average molecular weight is 322 g/mol. The second-order valence-electron chi connectivity index (χ2n) is 5.84. The first-order chi connectivity index (χ1) is 10.7. The minimum atomic E-state index is -0.249. The summed E-state index contributed by atoms with van der Waals surface area (Å²) in [6.07, 6.45) is 2.91. The molecular weight excluding hydrogens is 300 g/mol. The summed E-state index contributed by atoms with van der Waals surface area (Å²) in [7, 11) is 0. The van der Waals surface area contributed by atoms with Gasteiger partial charge in [-0.3, -0.25) is 9.59 Å². The number of carbonyl (C=O) groups is 2. The number of hydrogen-bond donors (Lipinski definition) is 0. The fraction of sp³-hybridized carbons (Fsp3) is 0.625. The van der Waals surface area contributed by atoms with Crippen LogP contribution in [0.25, 0.3) is 0 Å². The van der Waals surface area contributed by atoms with Crippen LogP contribution in [0.15, 0.2) is 16.8 Å². The third kappa shape index (κ3) is 3.67. The zero-order valence-electron chi connectivity index (χ0n) is 12.7. The molecular formula is C16H22N2O3S. The molecule has 5 nitrogen and oxygen atoms in total. The van der Waals surface area contributed by atoms with Gasteiger partial charge < -0.3 is 14.5 Å². The van der Waals surface area contributed by atoms with E-state index in [2.05, 4.69) is 11.4 Å². The van der Waals surface area contributed by atoms with Gasteiger partial charge in [0.2, 0.25) is 5.91 Å². The summed E-state index contributed by atoms with van der Waals surface area (Å²) in [6.45, 7) is 3.23. The van der Waals surface area contributed by atoms with Gasteiger partial charge in [0.15, 0.2) is 0 Å². The molecule has 2 amide bonds. The normalized spacial score (nSPS) is 22.1. The maximum Gasteiger partial charge on any atom is 0.251 e. The largest absolute Gasteiger partial charge is 0.368 e. The van der Waals surface area contributed by atoms with E-state index in [4.69, 9.17) is 4.74 Å². The second kappa shape index (κ2) is 7.24. The predicted octanol–water partition coefficient (Wildman–Crippen LogP) is 1.53. The summed E-state index contributed by atoms with van der Waals surface area (Å²) in [5.74, 6) is 0.290. The van der Waals surface area contributed by atoms with E-state index in [1.165, 1.54) is 5.56 Å². The summed E-state index contributed by atoms with van der Waals surface area (Å²) in [6, 6.07) is 2.07. The number of carbonyl (C=O) groups excluding carboxylic acids is 2. The minimum Gasteiger partial charge on any atom is -0.368 e. The summed E-state index contributed by atoms with van der Waals surface area (Å²) in [5, 5.41) is 4.13. The van der Waals surface area contributed by atoms with Gasteiger partial charge in [0.25, 0.3) is 5.91 Å². The molecule has 6 heteroatoms. The molecule has 1 aromatic heterocycles. The van der Waals surface area contributed by atoms with Crippen LogP contribution in [-0.2, 0) is 20.7 Å². The highest BCUT2D eigenvalue weighted by molar-refractivity contribution is 7.07. The molecule has 2 aliphatic rings. The Morgan fingerprint density at radius 3 is 2.64 bits per heavy atom. The fourth-order valence-corrected chi connectivity index (χ4v) is 3.70. The Labute approximate surface area is 134 Å². The molecule has 0 spiro atoms. The van der Waals surface area contributed by atoms with Crippen LogP contribution in [0.1, 0.15) is 24.8 Å². The van der Waals surface area contributed by atoms with Crippen molar-refractivity contribution in [1.29, 1.82) is 0 Å². The van der Waals surface area contributed by atoms with Gasteiger partial charge in [0.1, 0.15) is 6.10 Å². The molecule has 22 heavy (non-hydrogen) atoms. The highest BCUT2D eigenvalue weighted by atomic mass is 32.1. The minimum absolute atomic E-state index is 0.0999. The number of nitrogens with zero attached hydrogens (tertiary/aromatic N) is 2. The average Bonchev–Trinajstić information content (AvgIpc) is 3.25. The fourth-order valence-electron chi connectivity index (χ4n) is 3.00. The molecule has 2 aliphatic heterocycles. The van der Waals surface area contributed by atoms with Crippen LogP contribution in [0.4, 0.5) is 0 Å². The Bertz CT molecular complexity index is 503. The number of rotatable bonds is 4. The van der Waals surface area contributed by atoms with Gasteiger partial charge in [-0.1, -0.05) is 0 Å². The van der Waals surface area contributed by atoms with Crippen molar-refractivity contribution < 1.29 is 14.3 Å². The molecule has 3 heterocycles. The lowest BCUT2D eigenvalue weighted by Gasteiger charge is -2.35. The van der Waals surface area contributed by atoms with E-state index in [1.54, 1.807) is 11.3 Å². The van der Waals surface area contributed by atoms with Crippen LogP contribution >= 0.6 is 11.3 Å². The SMILES string of the molecule is O=C(CCc1ccsc1)N1CCN(C(=O)C2CCCO2)CC1. The van der Waals surface area contributed by atoms with Gasteiger partial charge in [0.05, 0.1) is 0 Å². The van der Waals surface area contributed by atoms with Crippen molar-refractivity contribution in [3.05, 3.63) is 22.4 Å². The lowest BCUT2D eigenvalue weighted by molar-refractivity contribution is -0.146. The molecule has 1 unspecified atom stereocenters. The Hall–Kier alpha value is -1.40. The molecule has 0 saturated carbocycles. The number of amides is 2. The summed E-state index contributed by atoms with van der Waals surface area (Å²) >= 11 is 1.66. The molecule has 0 aliphatic carbocycles. The third-order valence-electron chi connectivity index (χ3n) is 4.36. The van der Waals surface area contributed by atoms with Crippen LogP contribution in [0.5, 0.6) is 0 Å². The van der Waals surface area contributed by atoms with E-state index < -0.39 is 0 Å². The van der Waals surface area contributed by atoms with Gasteiger partial charge in [0, 0.05) is 39.2 Å². The van der Waals surface area contributed by atoms with Crippen molar-refractivity contribution in [2.45, 2.75) is 31.8 Å². The van der Waals surface area contributed by atoms with Crippen LogP contribution in [0.3, 0.4) is 0 Å². The molecule has 0 N–H and O–H groups in total. The third-order valence-corrected chi connectivity index (χ3v) is 5.09. The molecule has 2 fully saturated rings. The van der Waals surface area contributed by atoms with Crippen molar-refractivity contribution in [2.24, 2.45) is 0 Å². The van der Waals surface area contributed by atoms with E-state index >= 15 is 0 Å². The summed E-state index contributed by atoms with van der Waals surface area (Å²) in [4.78, 5) is 28.2. The standard InChI is InChI=1S/C16H22N2O3S/c19-15(4-3-13-5-11-22-12-13)17-6-8-18(9-7-17)16(20)14-2-1-10-21-14/h5,11-12,14H,1-4,6-10H2. The van der Waals surface area contributed by atoms with Crippen LogP contribution in [0.2, 0.25) is 0 Å². The van der Waals surface area contributed by atoms with E-state index in [-0.39, 0.29) is 17.9 Å². The Morgan fingerprint density at radius 1 is 1.23 bits per heavy atom. The first-order valence-corrected chi connectivity index (χ1v) is 8.87. The van der Waals surface area contributed by atoms with E-state index in [9.17, 15) is 9.59 Å². The van der Waals surface area contributed by atoms with Crippen LogP contribution in [0, 0.1) is 0 Å². The number of thiophene rings is 1. The summed E-state index contributed by atoms with van der Waals surface area (Å²) in [5.41, 5.74) is 1.23. The van der Waals surface area contributed by atoms with Gasteiger partial charge >= 0.3 is 0 Å². The summed E-state index contributed by atoms with van der Waals surface area (Å²) < 4.78 is 5.45. The van der Waals surface area contributed by atoms with E-state index in [1.807, 2.05) is 15.2 Å². The first-order valence-electron chi connectivity index (χ1n) is 7.93. The Morgan fingerprint density at radius 2 is 2.00 bits per heavy atom. The second-order valence-corrected chi connectivity index (χ2v) is 6.62. The maximum absolute atomic E-state index is 12.3. The number of piperazine rings is 1. The topological polar surface area (TPSA) is 49.9 Å². The van der Waals surface area contributed by atoms with Gasteiger partial charge in [-0.15, -0.1) is 0 Å². The number of hydrogen-bond acceptors (Lipinski definition) is 4. The number of ether oxygens (including phenoxy) is 1. The van der Waals surface area contributed by atoms with Gasteiger partial charge in [-0.25, -0.2) is 0 Å². The Kier molecular flexibility index (Phi) is 5.10. The molecule has 0 radical (unpaired) electrons. The highest BCUT2D eigenvalue weighted by Crippen LogP contribution is 2.16. The molecule has 2 saturated heterocycles. The van der Waals surface area contributed by atoms with Crippen LogP contribution < -0.4 is 0 Å². The van der Waals surface area contributed by atoms with Crippen molar-refractivity contribution >= 4 is 23.2 Å². The van der Waals surface area contributed by atoms with Crippen molar-refractivity contribution in [2.75, 3.05) is 32.8 Å². The molecule has 1 aromatic rings. The highest BCUT2D eigenvalue weighted by Gasteiger charge is 2.31. The van der Waals surface area contributed by atoms with Crippen molar-refractivity contribution in [3.8, 4) is 0 Å². The molecule has 0 bridgehead atoms. The molecule has 1 atom stereocenters.